The smallest absolute Gasteiger partial charge is 0.254 e. The van der Waals surface area contributed by atoms with E-state index >= 15 is 0 Å². The Bertz CT molecular complexity index is 997. The third-order valence-electron chi connectivity index (χ3n) is 5.69. The van der Waals surface area contributed by atoms with Crippen LogP contribution in [-0.2, 0) is 10.2 Å². The van der Waals surface area contributed by atoms with Gasteiger partial charge in [0.15, 0.2) is 11.5 Å². The molecular weight excluding hydrogens is 392 g/mol. The molecule has 2 amide bonds. The summed E-state index contributed by atoms with van der Waals surface area (Å²) in [6.45, 7) is 8.77. The zero-order chi connectivity index (χ0) is 22.0. The summed E-state index contributed by atoms with van der Waals surface area (Å²) < 4.78 is 10.7. The van der Waals surface area contributed by atoms with E-state index in [1.807, 2.05) is 18.2 Å². The fourth-order valence-electron chi connectivity index (χ4n) is 3.71. The predicted octanol–water partition coefficient (Wildman–Crippen LogP) is 3.71. The molecule has 1 fully saturated rings. The molecule has 0 aromatic heterocycles. The summed E-state index contributed by atoms with van der Waals surface area (Å²) in [4.78, 5) is 28.9. The molecule has 4 rings (SSSR count). The van der Waals surface area contributed by atoms with Gasteiger partial charge in [-0.2, -0.15) is 0 Å². The van der Waals surface area contributed by atoms with Gasteiger partial charge in [0.05, 0.1) is 0 Å². The topological polar surface area (TPSA) is 59.1 Å². The predicted molar refractivity (Wildman–Crippen MR) is 119 cm³/mol. The summed E-state index contributed by atoms with van der Waals surface area (Å²) in [6, 6.07) is 13.5. The van der Waals surface area contributed by atoms with Crippen LogP contribution in [0.5, 0.6) is 11.5 Å². The molecule has 0 N–H and O–H groups in total. The summed E-state index contributed by atoms with van der Waals surface area (Å²) in [6.07, 6.45) is 3.46. The molecule has 0 aliphatic carbocycles. The van der Waals surface area contributed by atoms with Crippen molar-refractivity contribution in [2.45, 2.75) is 26.2 Å². The molecule has 0 spiro atoms. The van der Waals surface area contributed by atoms with Crippen LogP contribution in [-0.4, -0.2) is 54.6 Å². The number of piperazine rings is 1. The first-order valence-corrected chi connectivity index (χ1v) is 10.6. The summed E-state index contributed by atoms with van der Waals surface area (Å²) in [5, 5.41) is 0. The van der Waals surface area contributed by atoms with Crippen LogP contribution in [0, 0.1) is 0 Å². The fourth-order valence-corrected chi connectivity index (χ4v) is 3.71. The Morgan fingerprint density at radius 2 is 1.52 bits per heavy atom. The molecule has 0 radical (unpaired) electrons. The maximum atomic E-state index is 12.8. The second kappa shape index (κ2) is 8.46. The van der Waals surface area contributed by atoms with Gasteiger partial charge in [-0.1, -0.05) is 45.0 Å². The fraction of sp³-hybridized carbons (Fsp3) is 0.360. The molecule has 6 heteroatoms. The highest BCUT2D eigenvalue weighted by Crippen LogP contribution is 2.33. The van der Waals surface area contributed by atoms with Crippen LogP contribution in [0.2, 0.25) is 0 Å². The van der Waals surface area contributed by atoms with Gasteiger partial charge >= 0.3 is 0 Å². The van der Waals surface area contributed by atoms with Gasteiger partial charge in [0, 0.05) is 37.8 Å². The Morgan fingerprint density at radius 3 is 2.19 bits per heavy atom. The zero-order valence-electron chi connectivity index (χ0n) is 18.3. The van der Waals surface area contributed by atoms with Crippen molar-refractivity contribution in [1.82, 2.24) is 9.80 Å². The maximum absolute atomic E-state index is 12.8. The molecule has 0 bridgehead atoms. The number of hydrogen-bond acceptors (Lipinski definition) is 4. The van der Waals surface area contributed by atoms with Crippen LogP contribution < -0.4 is 9.47 Å². The van der Waals surface area contributed by atoms with Gasteiger partial charge in [0.2, 0.25) is 12.7 Å². The molecule has 2 aromatic rings. The number of ether oxygens (including phenoxy) is 2. The van der Waals surface area contributed by atoms with E-state index < -0.39 is 0 Å². The number of carbonyl (C=O) groups is 2. The van der Waals surface area contributed by atoms with Crippen LogP contribution in [0.1, 0.15) is 42.3 Å². The normalized spacial score (nSPS) is 16.1. The van der Waals surface area contributed by atoms with Gasteiger partial charge in [-0.15, -0.1) is 0 Å². The minimum absolute atomic E-state index is 0.0323. The van der Waals surface area contributed by atoms with E-state index in [0.717, 1.165) is 5.56 Å². The van der Waals surface area contributed by atoms with Crippen molar-refractivity contribution >= 4 is 17.9 Å². The molecule has 0 unspecified atom stereocenters. The minimum Gasteiger partial charge on any atom is -0.454 e. The van der Waals surface area contributed by atoms with E-state index in [2.05, 4.69) is 32.9 Å². The highest BCUT2D eigenvalue weighted by atomic mass is 16.7. The Morgan fingerprint density at radius 1 is 0.871 bits per heavy atom. The van der Waals surface area contributed by atoms with Gasteiger partial charge < -0.3 is 19.3 Å². The summed E-state index contributed by atoms with van der Waals surface area (Å²) >= 11 is 0. The van der Waals surface area contributed by atoms with Crippen LogP contribution in [0.25, 0.3) is 6.08 Å². The first kappa shape index (κ1) is 21.0. The van der Waals surface area contributed by atoms with Gasteiger partial charge in [-0.3, -0.25) is 9.59 Å². The van der Waals surface area contributed by atoms with E-state index in [4.69, 9.17) is 9.47 Å². The quantitative estimate of drug-likeness (QED) is 0.711. The molecule has 31 heavy (non-hydrogen) atoms. The number of rotatable bonds is 3. The van der Waals surface area contributed by atoms with Crippen LogP contribution in [0.4, 0.5) is 0 Å². The lowest BCUT2D eigenvalue weighted by molar-refractivity contribution is -0.127. The van der Waals surface area contributed by atoms with E-state index in [1.165, 1.54) is 5.56 Å². The molecule has 0 saturated carbocycles. The third-order valence-corrected chi connectivity index (χ3v) is 5.69. The van der Waals surface area contributed by atoms with Crippen LogP contribution in [0.15, 0.2) is 48.5 Å². The van der Waals surface area contributed by atoms with E-state index in [-0.39, 0.29) is 24.0 Å². The minimum atomic E-state index is -0.0557. The number of carbonyl (C=O) groups excluding carboxylic acids is 2. The monoisotopic (exact) mass is 420 g/mol. The molecule has 2 aliphatic heterocycles. The van der Waals surface area contributed by atoms with Crippen molar-refractivity contribution in [2.75, 3.05) is 33.0 Å². The second-order valence-electron chi connectivity index (χ2n) is 8.89. The molecule has 0 atom stereocenters. The molecule has 162 valence electrons. The number of hydrogen-bond donors (Lipinski definition) is 0. The summed E-state index contributed by atoms with van der Waals surface area (Å²) in [7, 11) is 0. The first-order valence-electron chi connectivity index (χ1n) is 10.6. The number of nitrogens with zero attached hydrogens (tertiary/aromatic N) is 2. The SMILES string of the molecule is CC(C)(C)c1ccc(C=CC(=O)N2CCN(C(=O)c3ccc4c(c3)OCO4)CC2)cc1. The standard InChI is InChI=1S/C25H28N2O4/c1-25(2,3)20-8-4-18(5-9-20)6-11-23(28)26-12-14-27(15-13-26)24(29)19-7-10-21-22(16-19)31-17-30-21/h4-11,16H,12-15,17H2,1-3H3. The molecule has 1 saturated heterocycles. The Labute approximate surface area is 183 Å². The van der Waals surface area contributed by atoms with Crippen molar-refractivity contribution in [3.05, 3.63) is 65.2 Å². The van der Waals surface area contributed by atoms with Crippen molar-refractivity contribution < 1.29 is 19.1 Å². The average molecular weight is 421 g/mol. The summed E-state index contributed by atoms with van der Waals surface area (Å²) in [5.74, 6) is 1.17. The second-order valence-corrected chi connectivity index (χ2v) is 8.89. The lowest BCUT2D eigenvalue weighted by Crippen LogP contribution is -2.50. The van der Waals surface area contributed by atoms with Gasteiger partial charge in [-0.05, 0) is 40.8 Å². The van der Waals surface area contributed by atoms with Crippen molar-refractivity contribution in [2.24, 2.45) is 0 Å². The Balaban J connectivity index is 1.31. The van der Waals surface area contributed by atoms with Crippen molar-refractivity contribution in [3.63, 3.8) is 0 Å². The third kappa shape index (κ3) is 4.74. The average Bonchev–Trinajstić information content (AvgIpc) is 3.24. The van der Waals surface area contributed by atoms with Crippen molar-refractivity contribution in [1.29, 1.82) is 0 Å². The molecule has 2 aliphatic rings. The van der Waals surface area contributed by atoms with E-state index in [9.17, 15) is 9.59 Å². The highest BCUT2D eigenvalue weighted by molar-refractivity contribution is 5.95. The maximum Gasteiger partial charge on any atom is 0.254 e. The molecular formula is C25H28N2O4. The largest absolute Gasteiger partial charge is 0.454 e. The van der Waals surface area contributed by atoms with E-state index in [0.29, 0.717) is 43.2 Å². The van der Waals surface area contributed by atoms with Crippen LogP contribution >= 0.6 is 0 Å². The van der Waals surface area contributed by atoms with Crippen molar-refractivity contribution in [3.8, 4) is 11.5 Å². The molecule has 6 nitrogen and oxygen atoms in total. The number of amides is 2. The summed E-state index contributed by atoms with van der Waals surface area (Å²) in [5.41, 5.74) is 2.94. The van der Waals surface area contributed by atoms with Gasteiger partial charge in [0.1, 0.15) is 0 Å². The van der Waals surface area contributed by atoms with E-state index in [1.54, 1.807) is 34.1 Å². The van der Waals surface area contributed by atoms with Gasteiger partial charge in [-0.25, -0.2) is 0 Å². The first-order chi connectivity index (χ1) is 14.8. The lowest BCUT2D eigenvalue weighted by atomic mass is 9.87. The number of fused-ring (bicyclic) bond motifs is 1. The zero-order valence-corrected chi connectivity index (χ0v) is 18.3. The van der Waals surface area contributed by atoms with Crippen LogP contribution in [0.3, 0.4) is 0 Å². The number of benzene rings is 2. The Kier molecular flexibility index (Phi) is 5.72. The molecule has 2 aromatic carbocycles. The molecule has 2 heterocycles. The highest BCUT2D eigenvalue weighted by Gasteiger charge is 2.25. The van der Waals surface area contributed by atoms with Gasteiger partial charge in [0.25, 0.3) is 5.91 Å². The Hall–Kier alpha value is -3.28. The lowest BCUT2D eigenvalue weighted by Gasteiger charge is -2.34.